The number of hydrogen-bond acceptors (Lipinski definition) is 5. The van der Waals surface area contributed by atoms with Crippen LogP contribution in [0.15, 0.2) is 0 Å². The zero-order valence-electron chi connectivity index (χ0n) is 20.8. The third-order valence-electron chi connectivity index (χ3n) is 2.71. The molecule has 0 fully saturated rings. The van der Waals surface area contributed by atoms with Gasteiger partial charge in [-0.15, -0.1) is 116 Å². The molecule has 0 unspecified atom stereocenters. The second-order valence-corrected chi connectivity index (χ2v) is 14.0. The molecule has 36 heavy (non-hydrogen) atoms. The van der Waals surface area contributed by atoms with Gasteiger partial charge in [0.2, 0.25) is 0 Å². The summed E-state index contributed by atoms with van der Waals surface area (Å²) in [6, 6.07) is 0. The summed E-state index contributed by atoms with van der Waals surface area (Å²) in [5.41, 5.74) is 0. The van der Waals surface area contributed by atoms with Gasteiger partial charge in [0.1, 0.15) is 0 Å². The molecule has 0 amide bonds. The summed E-state index contributed by atoms with van der Waals surface area (Å²) in [6.07, 6.45) is 5.24. The van der Waals surface area contributed by atoms with Gasteiger partial charge in [0.15, 0.2) is 0 Å². The van der Waals surface area contributed by atoms with Gasteiger partial charge >= 0.3 is 0 Å². The van der Waals surface area contributed by atoms with Gasteiger partial charge in [-0.3, -0.25) is 0 Å². The third-order valence-corrected chi connectivity index (χ3v) is 4.60. The second-order valence-electron chi connectivity index (χ2n) is 6.94. The van der Waals surface area contributed by atoms with Gasteiger partial charge in [-0.1, -0.05) is 66.7 Å². The van der Waals surface area contributed by atoms with Crippen molar-refractivity contribution in [1.29, 1.82) is 0 Å². The van der Waals surface area contributed by atoms with Gasteiger partial charge in [-0.2, -0.15) is 0 Å². The van der Waals surface area contributed by atoms with E-state index in [-0.39, 0.29) is 18.6 Å². The Kier molecular flexibility index (Phi) is 41.0. The Bertz CT molecular complexity index is 340. The topological polar surface area (TPSA) is 115 Å². The molecule has 0 aliphatic heterocycles. The van der Waals surface area contributed by atoms with Gasteiger partial charge in [0.25, 0.3) is 0 Å². The Morgan fingerprint density at radius 1 is 0.333 bits per heavy atom. The van der Waals surface area contributed by atoms with Crippen molar-refractivity contribution in [1.82, 2.24) is 0 Å². The predicted molar refractivity (Wildman–Crippen MR) is 147 cm³/mol. The van der Waals surface area contributed by atoms with Gasteiger partial charge in [-0.05, 0) is 32.1 Å². The molecule has 0 saturated heterocycles. The molecular weight excluding hydrogens is 726 g/mol. The minimum absolute atomic E-state index is 0. The maximum Gasteiger partial charge on any atom is 0.0448 e. The van der Waals surface area contributed by atoms with Crippen LogP contribution < -0.4 is 25.5 Å². The SMILES string of the molecule is CCCC([O-])(Cl)Cl.CCCC([O-])(Cl)Cl.CCCC([O-])(Cl)Cl.CCCC([O-])(Cl)Cl.CCCC([O-])(Cl)Cl.[V]. The molecular formula is C20H35Cl10O5V-5. The number of alkyl halides is 10. The predicted octanol–water partition coefficient (Wildman–Crippen LogP) is 6.39. The normalized spacial score (nSPS) is 11.7. The molecule has 0 aromatic heterocycles. The average molecular weight is 761 g/mol. The summed E-state index contributed by atoms with van der Waals surface area (Å²) in [5, 5.41) is 51.2. The molecule has 16 heteroatoms. The molecule has 0 bridgehead atoms. The molecule has 0 aliphatic carbocycles. The van der Waals surface area contributed by atoms with Crippen molar-refractivity contribution in [3.8, 4) is 0 Å². The van der Waals surface area contributed by atoms with E-state index in [4.69, 9.17) is 116 Å². The summed E-state index contributed by atoms with van der Waals surface area (Å²) in [6.45, 7) is 9.29. The standard InChI is InChI=1S/5C4H7Cl2O.V/c5*1-2-3-4(5,6)7;/h5*2-3H2,1H3;/q5*-1;. The van der Waals surface area contributed by atoms with Crippen LogP contribution in [0.4, 0.5) is 0 Å². The molecule has 0 aromatic carbocycles. The van der Waals surface area contributed by atoms with Crippen LogP contribution in [0.2, 0.25) is 0 Å². The summed E-state index contributed by atoms with van der Waals surface area (Å²) >= 11 is 50.4. The number of halogens is 10. The van der Waals surface area contributed by atoms with E-state index < -0.39 is 22.6 Å². The van der Waals surface area contributed by atoms with Gasteiger partial charge < -0.3 is 25.5 Å². The van der Waals surface area contributed by atoms with Crippen LogP contribution in [0.1, 0.15) is 98.8 Å². The first-order valence-corrected chi connectivity index (χ1v) is 14.5. The Morgan fingerprint density at radius 3 is 0.417 bits per heavy atom. The molecule has 0 N–H and O–H groups in total. The molecule has 1 radical (unpaired) electrons. The minimum atomic E-state index is -1.76. The summed E-state index contributed by atoms with van der Waals surface area (Å²) in [4.78, 5) is 0. The molecule has 0 aliphatic rings. The molecule has 225 valence electrons. The fourth-order valence-corrected chi connectivity index (χ4v) is 3.35. The zero-order chi connectivity index (χ0) is 29.6. The van der Waals surface area contributed by atoms with Crippen molar-refractivity contribution in [2.45, 2.75) is 121 Å². The number of hydrogen-bond donors (Lipinski definition) is 0. The molecule has 0 saturated carbocycles. The Labute approximate surface area is 279 Å². The summed E-state index contributed by atoms with van der Waals surface area (Å²) in [7, 11) is 0. The molecule has 0 heterocycles. The maximum atomic E-state index is 10.2. The van der Waals surface area contributed by atoms with Crippen LogP contribution >= 0.6 is 116 Å². The van der Waals surface area contributed by atoms with Crippen molar-refractivity contribution in [3.63, 3.8) is 0 Å². The molecule has 0 aromatic rings. The van der Waals surface area contributed by atoms with Crippen LogP contribution in [-0.4, -0.2) is 22.6 Å². The Hall–Kier alpha value is 3.28. The van der Waals surface area contributed by atoms with Crippen LogP contribution in [-0.2, 0) is 18.6 Å². The van der Waals surface area contributed by atoms with Crippen molar-refractivity contribution >= 4 is 116 Å². The van der Waals surface area contributed by atoms with E-state index in [1.807, 2.05) is 34.6 Å². The molecule has 0 spiro atoms. The third kappa shape index (κ3) is 90.5. The van der Waals surface area contributed by atoms with Crippen LogP contribution in [0, 0.1) is 0 Å². The van der Waals surface area contributed by atoms with Crippen molar-refractivity contribution in [2.75, 3.05) is 0 Å². The zero-order valence-corrected chi connectivity index (χ0v) is 29.8. The van der Waals surface area contributed by atoms with E-state index >= 15 is 0 Å². The quantitative estimate of drug-likeness (QED) is 0.240. The minimum Gasteiger partial charge on any atom is -0.826 e. The van der Waals surface area contributed by atoms with E-state index in [0.717, 1.165) is 32.1 Å². The van der Waals surface area contributed by atoms with Crippen molar-refractivity contribution < 1.29 is 44.1 Å². The van der Waals surface area contributed by atoms with E-state index in [1.165, 1.54) is 0 Å². The van der Waals surface area contributed by atoms with Gasteiger partial charge in [0.05, 0.1) is 0 Å². The summed E-state index contributed by atoms with van der Waals surface area (Å²) in [5.74, 6) is 0. The van der Waals surface area contributed by atoms with Gasteiger partial charge in [-0.25, -0.2) is 0 Å². The van der Waals surface area contributed by atoms with Gasteiger partial charge in [0, 0.05) is 41.2 Å². The number of rotatable bonds is 10. The van der Waals surface area contributed by atoms with E-state index in [2.05, 4.69) is 0 Å². The van der Waals surface area contributed by atoms with Crippen LogP contribution in [0.3, 0.4) is 0 Å². The molecule has 0 atom stereocenters. The summed E-state index contributed by atoms with van der Waals surface area (Å²) < 4.78 is -8.78. The van der Waals surface area contributed by atoms with Crippen molar-refractivity contribution in [3.05, 3.63) is 0 Å². The van der Waals surface area contributed by atoms with E-state index in [1.54, 1.807) is 0 Å². The largest absolute Gasteiger partial charge is 0.826 e. The first kappa shape index (κ1) is 52.0. The van der Waals surface area contributed by atoms with E-state index in [0.29, 0.717) is 32.1 Å². The smallest absolute Gasteiger partial charge is 0.0448 e. The second kappa shape index (κ2) is 28.4. The maximum absolute atomic E-state index is 10.2. The fraction of sp³-hybridized carbons (Fsp3) is 1.00. The monoisotopic (exact) mass is 756 g/mol. The first-order chi connectivity index (χ1) is 15.3. The average Bonchev–Trinajstić information content (AvgIpc) is 2.51. The molecule has 0 rings (SSSR count). The first-order valence-electron chi connectivity index (χ1n) is 10.7. The molecule has 5 nitrogen and oxygen atoms in total. The van der Waals surface area contributed by atoms with Crippen LogP contribution in [0.25, 0.3) is 0 Å². The van der Waals surface area contributed by atoms with Crippen LogP contribution in [0.5, 0.6) is 0 Å². The Morgan fingerprint density at radius 2 is 0.417 bits per heavy atom. The Balaban J connectivity index is -0.0000000776. The van der Waals surface area contributed by atoms with E-state index in [9.17, 15) is 25.5 Å². The van der Waals surface area contributed by atoms with Crippen molar-refractivity contribution in [2.24, 2.45) is 0 Å². The fourth-order valence-electron chi connectivity index (χ4n) is 1.46.